The number of alkyl carbamates (subject to hydrolysis) is 1. The number of aliphatic hydroxyl groups excluding tert-OH is 1. The van der Waals surface area contributed by atoms with Crippen molar-refractivity contribution in [3.8, 4) is 0 Å². The Morgan fingerprint density at radius 1 is 1.38 bits per heavy atom. The van der Waals surface area contributed by atoms with Crippen molar-refractivity contribution < 1.29 is 14.6 Å². The molecule has 1 fully saturated rings. The summed E-state index contributed by atoms with van der Waals surface area (Å²) in [5.41, 5.74) is 0.410. The number of β-amino-alcohol motifs (C(OH)–C–C–N with tert-alkyl or cyclic N) is 1. The van der Waals surface area contributed by atoms with Crippen molar-refractivity contribution in [3.63, 3.8) is 0 Å². The molecular weight excluding hydrogens is 304 g/mol. The van der Waals surface area contributed by atoms with E-state index in [0.29, 0.717) is 13.1 Å². The first kappa shape index (κ1) is 18.7. The van der Waals surface area contributed by atoms with E-state index in [1.54, 1.807) is 0 Å². The Kier molecular flexibility index (Phi) is 5.88. The minimum atomic E-state index is -0.511. The van der Waals surface area contributed by atoms with Gasteiger partial charge >= 0.3 is 6.09 Å². The van der Waals surface area contributed by atoms with Gasteiger partial charge in [0.2, 0.25) is 0 Å². The van der Waals surface area contributed by atoms with E-state index in [9.17, 15) is 9.90 Å². The van der Waals surface area contributed by atoms with E-state index in [1.165, 1.54) is 5.56 Å². The van der Waals surface area contributed by atoms with E-state index in [4.69, 9.17) is 4.74 Å². The fourth-order valence-corrected chi connectivity index (χ4v) is 2.92. The Morgan fingerprint density at radius 2 is 2.04 bits per heavy atom. The zero-order chi connectivity index (χ0) is 17.8. The van der Waals surface area contributed by atoms with Crippen molar-refractivity contribution in [2.24, 2.45) is 5.41 Å². The third-order valence-electron chi connectivity index (χ3n) is 4.52. The Labute approximate surface area is 145 Å². The van der Waals surface area contributed by atoms with E-state index in [1.807, 2.05) is 45.9 Å². The maximum Gasteiger partial charge on any atom is 0.407 e. The number of hydrogen-bond donors (Lipinski definition) is 2. The molecule has 1 aromatic rings. The lowest BCUT2D eigenvalue weighted by Gasteiger charge is -2.43. The van der Waals surface area contributed by atoms with Crippen LogP contribution in [0.25, 0.3) is 0 Å². The highest BCUT2D eigenvalue weighted by Crippen LogP contribution is 2.31. The summed E-state index contributed by atoms with van der Waals surface area (Å²) in [6.45, 7) is 10.3. The predicted molar refractivity (Wildman–Crippen MR) is 94.7 cm³/mol. The standard InChI is InChI=1S/C19H30N2O3/c1-18(2,3)24-17(23)20-14-19(4)10-11-21(13-16(19)22)12-15-8-6-5-7-9-15/h5-9,16,22H,10-14H2,1-4H3,(H,20,23)/t16-,19-/m0/s1. The second-order valence-corrected chi connectivity index (χ2v) is 8.00. The molecule has 1 aromatic carbocycles. The second-order valence-electron chi connectivity index (χ2n) is 8.00. The number of amides is 1. The van der Waals surface area contributed by atoms with Crippen molar-refractivity contribution in [1.29, 1.82) is 0 Å². The molecule has 24 heavy (non-hydrogen) atoms. The van der Waals surface area contributed by atoms with Crippen LogP contribution in [-0.4, -0.2) is 47.4 Å². The predicted octanol–water partition coefficient (Wildman–Crippen LogP) is 2.78. The second kappa shape index (κ2) is 7.53. The molecule has 0 radical (unpaired) electrons. The first-order valence-electron chi connectivity index (χ1n) is 8.59. The zero-order valence-corrected chi connectivity index (χ0v) is 15.2. The lowest BCUT2D eigenvalue weighted by molar-refractivity contribution is -0.0382. The van der Waals surface area contributed by atoms with Gasteiger partial charge in [0.1, 0.15) is 5.60 Å². The van der Waals surface area contributed by atoms with Gasteiger partial charge in [-0.05, 0) is 39.3 Å². The summed E-state index contributed by atoms with van der Waals surface area (Å²) in [5.74, 6) is 0. The van der Waals surface area contributed by atoms with Crippen LogP contribution in [0.5, 0.6) is 0 Å². The van der Waals surface area contributed by atoms with Crippen molar-refractivity contribution >= 4 is 6.09 Å². The van der Waals surface area contributed by atoms with Crippen LogP contribution in [0.4, 0.5) is 4.79 Å². The van der Waals surface area contributed by atoms with Gasteiger partial charge in [0.25, 0.3) is 0 Å². The summed E-state index contributed by atoms with van der Waals surface area (Å²) < 4.78 is 5.27. The molecule has 1 aliphatic rings. The van der Waals surface area contributed by atoms with Crippen LogP contribution in [0.3, 0.4) is 0 Å². The number of nitrogens with one attached hydrogen (secondary N) is 1. The van der Waals surface area contributed by atoms with Gasteiger partial charge in [-0.3, -0.25) is 4.90 Å². The molecule has 5 heteroatoms. The van der Waals surface area contributed by atoms with Crippen LogP contribution in [0.15, 0.2) is 30.3 Å². The van der Waals surface area contributed by atoms with Crippen molar-refractivity contribution in [3.05, 3.63) is 35.9 Å². The van der Waals surface area contributed by atoms with Crippen molar-refractivity contribution in [1.82, 2.24) is 10.2 Å². The van der Waals surface area contributed by atoms with Gasteiger partial charge in [0.15, 0.2) is 0 Å². The van der Waals surface area contributed by atoms with Gasteiger partial charge in [-0.15, -0.1) is 0 Å². The van der Waals surface area contributed by atoms with Crippen LogP contribution < -0.4 is 5.32 Å². The maximum atomic E-state index is 11.8. The van der Waals surface area contributed by atoms with Gasteiger partial charge in [-0.25, -0.2) is 4.79 Å². The molecule has 0 bridgehead atoms. The highest BCUT2D eigenvalue weighted by atomic mass is 16.6. The number of piperidine rings is 1. The lowest BCUT2D eigenvalue weighted by Crippen LogP contribution is -2.54. The molecule has 0 unspecified atom stereocenters. The average molecular weight is 334 g/mol. The third kappa shape index (κ3) is 5.49. The van der Waals surface area contributed by atoms with Crippen LogP contribution in [0, 0.1) is 5.41 Å². The summed E-state index contributed by atoms with van der Waals surface area (Å²) in [6.07, 6.45) is -0.0795. The lowest BCUT2D eigenvalue weighted by atomic mass is 9.77. The molecule has 1 aliphatic heterocycles. The minimum absolute atomic E-state index is 0.329. The summed E-state index contributed by atoms with van der Waals surface area (Å²) in [5, 5.41) is 13.4. The van der Waals surface area contributed by atoms with E-state index in [0.717, 1.165) is 19.5 Å². The molecule has 2 atom stereocenters. The van der Waals surface area contributed by atoms with Crippen molar-refractivity contribution in [2.75, 3.05) is 19.6 Å². The van der Waals surface area contributed by atoms with Crippen LogP contribution in [0.1, 0.15) is 39.7 Å². The summed E-state index contributed by atoms with van der Waals surface area (Å²) in [4.78, 5) is 14.1. The summed E-state index contributed by atoms with van der Waals surface area (Å²) >= 11 is 0. The number of rotatable bonds is 4. The van der Waals surface area contributed by atoms with Crippen LogP contribution >= 0.6 is 0 Å². The Morgan fingerprint density at radius 3 is 2.62 bits per heavy atom. The smallest absolute Gasteiger partial charge is 0.407 e. The molecule has 1 heterocycles. The molecule has 134 valence electrons. The molecule has 0 aliphatic carbocycles. The van der Waals surface area contributed by atoms with Crippen LogP contribution in [-0.2, 0) is 11.3 Å². The topological polar surface area (TPSA) is 61.8 Å². The number of likely N-dealkylation sites (tertiary alicyclic amines) is 1. The Hall–Kier alpha value is -1.59. The van der Waals surface area contributed by atoms with Gasteiger partial charge < -0.3 is 15.2 Å². The first-order valence-corrected chi connectivity index (χ1v) is 8.59. The quantitative estimate of drug-likeness (QED) is 0.889. The first-order chi connectivity index (χ1) is 11.2. The van der Waals surface area contributed by atoms with Gasteiger partial charge in [-0.2, -0.15) is 0 Å². The molecular formula is C19H30N2O3. The Bertz CT molecular complexity index is 541. The van der Waals surface area contributed by atoms with Crippen LogP contribution in [0.2, 0.25) is 0 Å². The van der Waals surface area contributed by atoms with E-state index < -0.39 is 17.8 Å². The SMILES string of the molecule is CC(C)(C)OC(=O)NC[C@]1(C)CCN(Cc2ccccc2)C[C@@H]1O. The number of benzene rings is 1. The van der Waals surface area contributed by atoms with E-state index in [2.05, 4.69) is 22.3 Å². The molecule has 5 nitrogen and oxygen atoms in total. The molecule has 2 N–H and O–H groups in total. The largest absolute Gasteiger partial charge is 0.444 e. The number of hydrogen-bond acceptors (Lipinski definition) is 4. The fraction of sp³-hybridized carbons (Fsp3) is 0.632. The highest BCUT2D eigenvalue weighted by molar-refractivity contribution is 5.67. The van der Waals surface area contributed by atoms with Gasteiger partial charge in [0, 0.05) is 25.0 Å². The number of carbonyl (C=O) groups excluding carboxylic acids is 1. The fourth-order valence-electron chi connectivity index (χ4n) is 2.92. The maximum absolute atomic E-state index is 11.8. The van der Waals surface area contributed by atoms with E-state index in [-0.39, 0.29) is 5.41 Å². The molecule has 0 saturated carbocycles. The monoisotopic (exact) mass is 334 g/mol. The number of carbonyl (C=O) groups is 1. The third-order valence-corrected chi connectivity index (χ3v) is 4.52. The van der Waals surface area contributed by atoms with Crippen molar-refractivity contribution in [2.45, 2.75) is 52.4 Å². The zero-order valence-electron chi connectivity index (χ0n) is 15.2. The minimum Gasteiger partial charge on any atom is -0.444 e. The molecule has 1 amide bonds. The molecule has 2 rings (SSSR count). The molecule has 0 spiro atoms. The van der Waals surface area contributed by atoms with Gasteiger partial charge in [-0.1, -0.05) is 37.3 Å². The number of ether oxygens (including phenoxy) is 1. The Balaban J connectivity index is 1.84. The molecule has 1 saturated heterocycles. The highest BCUT2D eigenvalue weighted by Gasteiger charge is 2.38. The number of nitrogens with zero attached hydrogens (tertiary/aromatic N) is 1. The number of aliphatic hydroxyl groups is 1. The normalized spacial score (nSPS) is 25.3. The van der Waals surface area contributed by atoms with E-state index >= 15 is 0 Å². The molecule has 0 aromatic heterocycles. The van der Waals surface area contributed by atoms with Gasteiger partial charge in [0.05, 0.1) is 6.10 Å². The summed E-state index contributed by atoms with van der Waals surface area (Å²) in [7, 11) is 0. The average Bonchev–Trinajstić information content (AvgIpc) is 2.49. The summed E-state index contributed by atoms with van der Waals surface area (Å²) in [6, 6.07) is 10.3.